The molecule has 8 nitrogen and oxygen atoms in total. The molecule has 0 atom stereocenters. The van der Waals surface area contributed by atoms with Crippen LogP contribution in [0.25, 0.3) is 0 Å². The van der Waals surface area contributed by atoms with Crippen molar-refractivity contribution in [1.82, 2.24) is 24.5 Å². The lowest BCUT2D eigenvalue weighted by Crippen LogP contribution is -2.05. The number of allylic oxidation sites excluding steroid dienone is 1. The highest BCUT2D eigenvalue weighted by Gasteiger charge is 2.14. The highest BCUT2D eigenvalue weighted by atomic mass is 32.2. The van der Waals surface area contributed by atoms with Gasteiger partial charge in [-0.15, -0.1) is 28.1 Å². The van der Waals surface area contributed by atoms with Gasteiger partial charge in [0.1, 0.15) is 18.2 Å². The van der Waals surface area contributed by atoms with E-state index in [1.54, 1.807) is 17.4 Å². The summed E-state index contributed by atoms with van der Waals surface area (Å²) in [4.78, 5) is 11.4. The van der Waals surface area contributed by atoms with Gasteiger partial charge in [0, 0.05) is 17.8 Å². The highest BCUT2D eigenvalue weighted by molar-refractivity contribution is 7.98. The van der Waals surface area contributed by atoms with Gasteiger partial charge < -0.3 is 4.57 Å². The Balaban J connectivity index is 1.73. The van der Waals surface area contributed by atoms with Gasteiger partial charge in [0.25, 0.3) is 0 Å². The molecule has 0 saturated heterocycles. The summed E-state index contributed by atoms with van der Waals surface area (Å²) < 4.78 is 3.50. The van der Waals surface area contributed by atoms with E-state index in [1.807, 2.05) is 16.0 Å². The third-order valence-corrected chi connectivity index (χ3v) is 5.00. The molecule has 0 saturated carbocycles. The third kappa shape index (κ3) is 3.71. The first-order valence-electron chi connectivity index (χ1n) is 7.02. The van der Waals surface area contributed by atoms with Crippen molar-refractivity contribution < 1.29 is 4.92 Å². The SMILES string of the molecule is C=CCn1c(Cc2cccs2)nnc1SCn1cc([N+](=O)[O-])cn1. The average Bonchev–Trinajstić information content (AvgIpc) is 3.29. The first-order valence-corrected chi connectivity index (χ1v) is 8.89. The second-order valence-corrected chi connectivity index (χ2v) is 6.77. The minimum Gasteiger partial charge on any atom is -0.302 e. The molecule has 24 heavy (non-hydrogen) atoms. The summed E-state index contributed by atoms with van der Waals surface area (Å²) in [5.74, 6) is 1.29. The fourth-order valence-corrected chi connectivity index (χ4v) is 3.60. The average molecular weight is 362 g/mol. The molecule has 0 aliphatic heterocycles. The van der Waals surface area contributed by atoms with Gasteiger partial charge in [0.15, 0.2) is 5.16 Å². The van der Waals surface area contributed by atoms with E-state index in [1.165, 1.54) is 33.7 Å². The van der Waals surface area contributed by atoms with Gasteiger partial charge in [-0.25, -0.2) is 0 Å². The molecule has 0 aliphatic rings. The highest BCUT2D eigenvalue weighted by Crippen LogP contribution is 2.22. The molecule has 0 aromatic carbocycles. The second kappa shape index (κ2) is 7.41. The predicted octanol–water partition coefficient (Wildman–Crippen LogP) is 2.97. The van der Waals surface area contributed by atoms with Crippen molar-refractivity contribution in [3.63, 3.8) is 0 Å². The topological polar surface area (TPSA) is 91.7 Å². The summed E-state index contributed by atoms with van der Waals surface area (Å²) >= 11 is 3.10. The van der Waals surface area contributed by atoms with Gasteiger partial charge in [-0.2, -0.15) is 5.10 Å². The fourth-order valence-electron chi connectivity index (χ4n) is 2.08. The van der Waals surface area contributed by atoms with E-state index in [-0.39, 0.29) is 5.69 Å². The molecule has 10 heteroatoms. The zero-order valence-electron chi connectivity index (χ0n) is 12.6. The van der Waals surface area contributed by atoms with Crippen molar-refractivity contribution in [1.29, 1.82) is 0 Å². The van der Waals surface area contributed by atoms with Gasteiger partial charge in [0.05, 0.1) is 10.8 Å². The molecular weight excluding hydrogens is 348 g/mol. The molecule has 0 amide bonds. The fraction of sp³-hybridized carbons (Fsp3) is 0.214. The number of aromatic nitrogens is 5. The van der Waals surface area contributed by atoms with Crippen molar-refractivity contribution in [2.24, 2.45) is 0 Å². The molecule has 124 valence electrons. The van der Waals surface area contributed by atoms with Crippen LogP contribution in [-0.2, 0) is 18.8 Å². The molecule has 0 bridgehead atoms. The van der Waals surface area contributed by atoms with Gasteiger partial charge in [-0.3, -0.25) is 14.8 Å². The minimum atomic E-state index is -0.465. The maximum atomic E-state index is 10.7. The number of nitrogens with zero attached hydrogens (tertiary/aromatic N) is 6. The molecule has 0 radical (unpaired) electrons. The van der Waals surface area contributed by atoms with Crippen molar-refractivity contribution in [3.8, 4) is 0 Å². The molecular formula is C14H14N6O2S2. The van der Waals surface area contributed by atoms with E-state index < -0.39 is 4.92 Å². The molecule has 0 unspecified atom stereocenters. The lowest BCUT2D eigenvalue weighted by atomic mass is 10.3. The van der Waals surface area contributed by atoms with E-state index in [9.17, 15) is 10.1 Å². The summed E-state index contributed by atoms with van der Waals surface area (Å²) in [6.07, 6.45) is 5.14. The standard InChI is InChI=1S/C14H14N6O2S2/c1-2-5-19-13(7-12-4-3-6-23-12)16-17-14(19)24-10-18-9-11(8-15-18)20(21)22/h2-4,6,8-9H,1,5,7,10H2. The number of rotatable bonds is 8. The molecule has 3 aromatic heterocycles. The monoisotopic (exact) mass is 362 g/mol. The summed E-state index contributed by atoms with van der Waals surface area (Å²) in [5, 5.41) is 25.9. The molecule has 0 aliphatic carbocycles. The van der Waals surface area contributed by atoms with E-state index in [4.69, 9.17) is 0 Å². The van der Waals surface area contributed by atoms with E-state index in [2.05, 4.69) is 27.9 Å². The Morgan fingerprint density at radius 1 is 1.46 bits per heavy atom. The van der Waals surface area contributed by atoms with Crippen LogP contribution >= 0.6 is 23.1 Å². The van der Waals surface area contributed by atoms with Gasteiger partial charge >= 0.3 is 5.69 Å². The smallest absolute Gasteiger partial charge is 0.302 e. The Morgan fingerprint density at radius 3 is 3.00 bits per heavy atom. The normalized spacial score (nSPS) is 10.8. The number of hydrogen-bond acceptors (Lipinski definition) is 7. The molecule has 0 spiro atoms. The van der Waals surface area contributed by atoms with Crippen LogP contribution in [-0.4, -0.2) is 29.5 Å². The zero-order valence-corrected chi connectivity index (χ0v) is 14.2. The van der Waals surface area contributed by atoms with Crippen molar-refractivity contribution in [2.45, 2.75) is 24.0 Å². The van der Waals surface area contributed by atoms with Crippen LogP contribution < -0.4 is 0 Å². The second-order valence-electron chi connectivity index (χ2n) is 4.82. The number of hydrogen-bond donors (Lipinski definition) is 0. The number of thioether (sulfide) groups is 1. The van der Waals surface area contributed by atoms with E-state index >= 15 is 0 Å². The van der Waals surface area contributed by atoms with Crippen LogP contribution in [0.1, 0.15) is 10.7 Å². The van der Waals surface area contributed by atoms with Crippen LogP contribution in [0.4, 0.5) is 5.69 Å². The Kier molecular flexibility index (Phi) is 5.06. The number of nitro groups is 1. The molecule has 3 heterocycles. The Bertz CT molecular complexity index is 839. The minimum absolute atomic E-state index is 0.0263. The van der Waals surface area contributed by atoms with Gasteiger partial charge in [0.2, 0.25) is 0 Å². The summed E-state index contributed by atoms with van der Waals surface area (Å²) in [6.45, 7) is 4.39. The van der Waals surface area contributed by atoms with Crippen LogP contribution in [0.5, 0.6) is 0 Å². The largest absolute Gasteiger partial charge is 0.307 e. The number of thiophene rings is 1. The van der Waals surface area contributed by atoms with Crippen LogP contribution in [0.15, 0.2) is 47.7 Å². The predicted molar refractivity (Wildman–Crippen MR) is 92.1 cm³/mol. The van der Waals surface area contributed by atoms with Crippen molar-refractivity contribution in [2.75, 3.05) is 0 Å². The zero-order chi connectivity index (χ0) is 16.9. The van der Waals surface area contributed by atoms with E-state index in [0.717, 1.165) is 11.0 Å². The quantitative estimate of drug-likeness (QED) is 0.265. The Hall–Kier alpha value is -2.46. The van der Waals surface area contributed by atoms with Gasteiger partial charge in [-0.1, -0.05) is 23.9 Å². The molecule has 0 fully saturated rings. The molecule has 0 N–H and O–H groups in total. The van der Waals surface area contributed by atoms with Crippen LogP contribution in [0.2, 0.25) is 0 Å². The summed E-state index contributed by atoms with van der Waals surface area (Å²) in [6, 6.07) is 4.07. The maximum absolute atomic E-state index is 10.7. The Morgan fingerprint density at radius 2 is 2.33 bits per heavy atom. The molecule has 3 aromatic rings. The van der Waals surface area contributed by atoms with Crippen LogP contribution in [0.3, 0.4) is 0 Å². The van der Waals surface area contributed by atoms with Crippen molar-refractivity contribution in [3.05, 3.63) is 63.4 Å². The molecule has 3 rings (SSSR count). The summed E-state index contributed by atoms with van der Waals surface area (Å²) in [5.41, 5.74) is -0.0263. The Labute approximate surface area is 146 Å². The summed E-state index contributed by atoms with van der Waals surface area (Å²) in [7, 11) is 0. The van der Waals surface area contributed by atoms with Crippen molar-refractivity contribution >= 4 is 28.8 Å². The lowest BCUT2D eigenvalue weighted by molar-refractivity contribution is -0.385. The maximum Gasteiger partial charge on any atom is 0.307 e. The lowest BCUT2D eigenvalue weighted by Gasteiger charge is -2.07. The van der Waals surface area contributed by atoms with E-state index in [0.29, 0.717) is 18.8 Å². The van der Waals surface area contributed by atoms with Crippen LogP contribution in [0, 0.1) is 10.1 Å². The van der Waals surface area contributed by atoms with Gasteiger partial charge in [-0.05, 0) is 11.4 Å². The third-order valence-electron chi connectivity index (χ3n) is 3.17. The first kappa shape index (κ1) is 16.4. The first-order chi connectivity index (χ1) is 11.7.